The van der Waals surface area contributed by atoms with Gasteiger partial charge >= 0.3 is 5.97 Å². The molecule has 0 saturated heterocycles. The molecule has 4 nitrogen and oxygen atoms in total. The molecule has 0 atom stereocenters. The molecule has 0 fully saturated rings. The Kier molecular flexibility index (Phi) is 7.33. The minimum Gasteiger partial charge on any atom is -0.481 e. The van der Waals surface area contributed by atoms with Crippen LogP contribution in [0, 0.1) is 0 Å². The Labute approximate surface area is 71.5 Å². The van der Waals surface area contributed by atoms with Crippen LogP contribution in [0.2, 0.25) is 0 Å². The van der Waals surface area contributed by atoms with Crippen molar-refractivity contribution in [3.63, 3.8) is 0 Å². The second-order valence-electron chi connectivity index (χ2n) is 2.52. The Balaban J connectivity index is 2.90. The van der Waals surface area contributed by atoms with Crippen molar-refractivity contribution in [1.82, 2.24) is 0 Å². The lowest BCUT2D eigenvalue weighted by atomic mass is 10.1. The van der Waals surface area contributed by atoms with Gasteiger partial charge in [0.25, 0.3) is 6.47 Å². The van der Waals surface area contributed by atoms with Crippen molar-refractivity contribution in [3.8, 4) is 0 Å². The topological polar surface area (TPSA) is 63.6 Å². The number of carbonyl (C=O) groups is 2. The lowest BCUT2D eigenvalue weighted by molar-refractivity contribution is -0.137. The third-order valence-electron chi connectivity index (χ3n) is 1.47. The number of unbranched alkanes of at least 4 members (excludes halogenated alkanes) is 3. The number of carboxylic acid groups (broad SMARTS) is 1. The highest BCUT2D eigenvalue weighted by atomic mass is 16.5. The largest absolute Gasteiger partial charge is 0.481 e. The van der Waals surface area contributed by atoms with E-state index in [-0.39, 0.29) is 6.42 Å². The van der Waals surface area contributed by atoms with Gasteiger partial charge in [-0.25, -0.2) is 0 Å². The highest BCUT2D eigenvalue weighted by molar-refractivity contribution is 5.66. The fraction of sp³-hybridized carbons (Fsp3) is 0.750. The number of ether oxygens (including phenoxy) is 1. The first-order valence-electron chi connectivity index (χ1n) is 4.04. The lowest BCUT2D eigenvalue weighted by Gasteiger charge is -1.98. The van der Waals surface area contributed by atoms with Crippen LogP contribution in [0.5, 0.6) is 0 Å². The number of hydrogen-bond donors (Lipinski definition) is 1. The minimum absolute atomic E-state index is 0.231. The molecular formula is C8H14O4. The summed E-state index contributed by atoms with van der Waals surface area (Å²) in [7, 11) is 0. The first-order valence-corrected chi connectivity index (χ1v) is 4.04. The summed E-state index contributed by atoms with van der Waals surface area (Å²) in [6, 6.07) is 0. The van der Waals surface area contributed by atoms with E-state index in [2.05, 4.69) is 4.74 Å². The van der Waals surface area contributed by atoms with Gasteiger partial charge in [0, 0.05) is 6.42 Å². The molecular weight excluding hydrogens is 160 g/mol. The van der Waals surface area contributed by atoms with E-state index >= 15 is 0 Å². The highest BCUT2D eigenvalue weighted by Crippen LogP contribution is 2.02. The third kappa shape index (κ3) is 8.94. The zero-order valence-electron chi connectivity index (χ0n) is 6.99. The van der Waals surface area contributed by atoms with Crippen LogP contribution in [0.15, 0.2) is 0 Å². The van der Waals surface area contributed by atoms with Crippen molar-refractivity contribution in [2.24, 2.45) is 0 Å². The number of carboxylic acids is 1. The third-order valence-corrected chi connectivity index (χ3v) is 1.47. The Morgan fingerprint density at radius 2 is 1.92 bits per heavy atom. The molecule has 0 rings (SSSR count). The molecule has 0 aromatic rings. The summed E-state index contributed by atoms with van der Waals surface area (Å²) in [5.41, 5.74) is 0. The second-order valence-corrected chi connectivity index (χ2v) is 2.52. The van der Waals surface area contributed by atoms with E-state index in [1.807, 2.05) is 0 Å². The SMILES string of the molecule is O=COCCCCCCC(=O)O. The van der Waals surface area contributed by atoms with E-state index in [0.717, 1.165) is 19.3 Å². The normalized spacial score (nSPS) is 9.33. The molecule has 0 aromatic heterocycles. The van der Waals surface area contributed by atoms with E-state index in [4.69, 9.17) is 5.11 Å². The van der Waals surface area contributed by atoms with Crippen LogP contribution in [0.4, 0.5) is 0 Å². The van der Waals surface area contributed by atoms with Crippen LogP contribution in [-0.4, -0.2) is 24.2 Å². The monoisotopic (exact) mass is 174 g/mol. The van der Waals surface area contributed by atoms with Crippen LogP contribution < -0.4 is 0 Å². The molecule has 0 aliphatic carbocycles. The molecule has 0 saturated carbocycles. The smallest absolute Gasteiger partial charge is 0.303 e. The fourth-order valence-electron chi connectivity index (χ4n) is 0.863. The fourth-order valence-corrected chi connectivity index (χ4v) is 0.863. The van der Waals surface area contributed by atoms with Gasteiger partial charge in [0.2, 0.25) is 0 Å². The van der Waals surface area contributed by atoms with Crippen LogP contribution in [0.25, 0.3) is 0 Å². The van der Waals surface area contributed by atoms with Gasteiger partial charge in [-0.2, -0.15) is 0 Å². The van der Waals surface area contributed by atoms with Gasteiger partial charge in [-0.1, -0.05) is 12.8 Å². The molecule has 0 amide bonds. The summed E-state index contributed by atoms with van der Waals surface area (Å²) >= 11 is 0. The molecule has 12 heavy (non-hydrogen) atoms. The number of carbonyl (C=O) groups excluding carboxylic acids is 1. The summed E-state index contributed by atoms with van der Waals surface area (Å²) < 4.78 is 4.46. The molecule has 1 N–H and O–H groups in total. The van der Waals surface area contributed by atoms with Crippen molar-refractivity contribution >= 4 is 12.4 Å². The average Bonchev–Trinajstić information content (AvgIpc) is 2.02. The molecule has 70 valence electrons. The number of rotatable bonds is 8. The van der Waals surface area contributed by atoms with Crippen LogP contribution in [0.1, 0.15) is 32.1 Å². The lowest BCUT2D eigenvalue weighted by Crippen LogP contribution is -1.95. The molecule has 0 aromatic carbocycles. The van der Waals surface area contributed by atoms with E-state index in [9.17, 15) is 9.59 Å². The average molecular weight is 174 g/mol. The molecule has 0 aliphatic rings. The van der Waals surface area contributed by atoms with Crippen molar-refractivity contribution in [2.75, 3.05) is 6.61 Å². The Hall–Kier alpha value is -1.06. The first-order chi connectivity index (χ1) is 5.77. The number of hydrogen-bond acceptors (Lipinski definition) is 3. The van der Waals surface area contributed by atoms with Gasteiger partial charge < -0.3 is 9.84 Å². The standard InChI is InChI=1S/C8H14O4/c9-7-12-6-4-2-1-3-5-8(10)11/h7H,1-6H2,(H,10,11). The second kappa shape index (κ2) is 8.04. The predicted octanol–water partition coefficient (Wildman–Crippen LogP) is 1.19. The van der Waals surface area contributed by atoms with Crippen molar-refractivity contribution < 1.29 is 19.4 Å². The van der Waals surface area contributed by atoms with Gasteiger partial charge in [-0.15, -0.1) is 0 Å². The maximum absolute atomic E-state index is 10.1. The molecule has 0 bridgehead atoms. The van der Waals surface area contributed by atoms with Crippen molar-refractivity contribution in [3.05, 3.63) is 0 Å². The number of aliphatic carboxylic acids is 1. The first kappa shape index (κ1) is 10.9. The summed E-state index contributed by atoms with van der Waals surface area (Å²) in [4.78, 5) is 19.7. The summed E-state index contributed by atoms with van der Waals surface area (Å²) in [6.45, 7) is 0.869. The molecule has 0 spiro atoms. The van der Waals surface area contributed by atoms with E-state index in [0.29, 0.717) is 19.5 Å². The Morgan fingerprint density at radius 1 is 1.25 bits per heavy atom. The maximum Gasteiger partial charge on any atom is 0.303 e. The van der Waals surface area contributed by atoms with Gasteiger partial charge in [0.05, 0.1) is 6.61 Å². The zero-order chi connectivity index (χ0) is 9.23. The van der Waals surface area contributed by atoms with Gasteiger partial charge in [0.1, 0.15) is 0 Å². The molecule has 0 unspecified atom stereocenters. The quantitative estimate of drug-likeness (QED) is 0.443. The van der Waals surface area contributed by atoms with Crippen molar-refractivity contribution in [1.29, 1.82) is 0 Å². The van der Waals surface area contributed by atoms with E-state index < -0.39 is 5.97 Å². The van der Waals surface area contributed by atoms with Gasteiger partial charge in [-0.05, 0) is 12.8 Å². The minimum atomic E-state index is -0.751. The summed E-state index contributed by atoms with van der Waals surface area (Å²) in [5.74, 6) is -0.751. The van der Waals surface area contributed by atoms with Crippen molar-refractivity contribution in [2.45, 2.75) is 32.1 Å². The molecule has 0 radical (unpaired) electrons. The van der Waals surface area contributed by atoms with E-state index in [1.165, 1.54) is 0 Å². The maximum atomic E-state index is 10.1. The summed E-state index contributed by atoms with van der Waals surface area (Å²) in [6.07, 6.45) is 3.55. The predicted molar refractivity (Wildman–Crippen MR) is 42.7 cm³/mol. The van der Waals surface area contributed by atoms with Gasteiger partial charge in [0.15, 0.2) is 0 Å². The summed E-state index contributed by atoms with van der Waals surface area (Å²) in [5, 5.41) is 8.28. The van der Waals surface area contributed by atoms with Gasteiger partial charge in [-0.3, -0.25) is 9.59 Å². The molecule has 4 heteroatoms. The molecule has 0 aliphatic heterocycles. The molecule has 0 heterocycles. The Morgan fingerprint density at radius 3 is 2.50 bits per heavy atom. The Bertz CT molecular complexity index is 133. The van der Waals surface area contributed by atoms with Crippen LogP contribution in [-0.2, 0) is 14.3 Å². The van der Waals surface area contributed by atoms with Crippen LogP contribution >= 0.6 is 0 Å². The highest BCUT2D eigenvalue weighted by Gasteiger charge is 1.95. The zero-order valence-corrected chi connectivity index (χ0v) is 6.99. The van der Waals surface area contributed by atoms with Crippen LogP contribution in [0.3, 0.4) is 0 Å². The van der Waals surface area contributed by atoms with E-state index in [1.54, 1.807) is 0 Å².